The number of nitrogens with zero attached hydrogens (tertiary/aromatic N) is 2. The standard InChI is InChI=1S/C21H17F2N3O5S/c1-3-32(28,29)25-13-9-15(16-11-26(2)21(27)19-14(16)6-7-30-19)20(24-10-13)31-18-5-4-12(22)8-17(18)23/h4-11,25H,3H2,1-2H3. The molecule has 0 aliphatic heterocycles. The van der Waals surface area contributed by atoms with Crippen molar-refractivity contribution >= 4 is 26.7 Å². The van der Waals surface area contributed by atoms with E-state index in [9.17, 15) is 22.0 Å². The van der Waals surface area contributed by atoms with Crippen LogP contribution in [0, 0.1) is 11.6 Å². The molecule has 0 amide bonds. The molecule has 3 heterocycles. The Labute approximate surface area is 181 Å². The van der Waals surface area contributed by atoms with Crippen LogP contribution in [-0.4, -0.2) is 23.7 Å². The largest absolute Gasteiger partial charge is 0.458 e. The lowest BCUT2D eigenvalue weighted by Crippen LogP contribution is -2.16. The third kappa shape index (κ3) is 4.06. The average Bonchev–Trinajstić information content (AvgIpc) is 3.24. The van der Waals surface area contributed by atoms with Gasteiger partial charge in [0, 0.05) is 35.8 Å². The molecule has 4 aromatic rings. The van der Waals surface area contributed by atoms with E-state index in [1.165, 1.54) is 43.3 Å². The molecule has 0 saturated carbocycles. The molecule has 3 aromatic heterocycles. The minimum absolute atomic E-state index is 0.0726. The van der Waals surface area contributed by atoms with Crippen molar-refractivity contribution in [1.82, 2.24) is 9.55 Å². The number of ether oxygens (including phenoxy) is 1. The van der Waals surface area contributed by atoms with Gasteiger partial charge >= 0.3 is 0 Å². The second-order valence-corrected chi connectivity index (χ2v) is 8.89. The van der Waals surface area contributed by atoms with Crippen LogP contribution in [0.4, 0.5) is 14.5 Å². The quantitative estimate of drug-likeness (QED) is 0.465. The van der Waals surface area contributed by atoms with Gasteiger partial charge in [-0.15, -0.1) is 0 Å². The summed E-state index contributed by atoms with van der Waals surface area (Å²) in [6.45, 7) is 1.48. The number of nitrogens with one attached hydrogen (secondary N) is 1. The molecule has 11 heteroatoms. The topological polar surface area (TPSA) is 103 Å². The van der Waals surface area contributed by atoms with Gasteiger partial charge in [-0.25, -0.2) is 22.2 Å². The maximum absolute atomic E-state index is 14.2. The molecular weight excluding hydrogens is 444 g/mol. The van der Waals surface area contributed by atoms with Gasteiger partial charge < -0.3 is 13.7 Å². The number of anilines is 1. The second kappa shape index (κ2) is 8.08. The van der Waals surface area contributed by atoms with Crippen molar-refractivity contribution in [3.8, 4) is 22.8 Å². The molecule has 4 rings (SSSR count). The van der Waals surface area contributed by atoms with Crippen molar-refractivity contribution in [2.45, 2.75) is 6.92 Å². The fourth-order valence-corrected chi connectivity index (χ4v) is 3.69. The number of aromatic nitrogens is 2. The van der Waals surface area contributed by atoms with E-state index >= 15 is 0 Å². The van der Waals surface area contributed by atoms with E-state index in [2.05, 4.69) is 9.71 Å². The molecule has 0 bridgehead atoms. The van der Waals surface area contributed by atoms with Crippen molar-refractivity contribution < 1.29 is 26.4 Å². The molecule has 0 unspecified atom stereocenters. The van der Waals surface area contributed by atoms with Crippen LogP contribution in [0.2, 0.25) is 0 Å². The van der Waals surface area contributed by atoms with Crippen molar-refractivity contribution in [2.24, 2.45) is 7.05 Å². The van der Waals surface area contributed by atoms with Gasteiger partial charge in [0.2, 0.25) is 15.9 Å². The first-order valence-corrected chi connectivity index (χ1v) is 11.0. The third-order valence-corrected chi connectivity index (χ3v) is 5.99. The van der Waals surface area contributed by atoms with E-state index in [0.717, 1.165) is 12.1 Å². The number of halogens is 2. The molecule has 0 aliphatic rings. The average molecular weight is 461 g/mol. The Balaban J connectivity index is 1.93. The first-order valence-electron chi connectivity index (χ1n) is 9.39. The highest BCUT2D eigenvalue weighted by Crippen LogP contribution is 2.37. The van der Waals surface area contributed by atoms with Crippen molar-refractivity contribution in [3.63, 3.8) is 0 Å². The molecule has 1 aromatic carbocycles. The highest BCUT2D eigenvalue weighted by atomic mass is 32.2. The number of pyridine rings is 2. The van der Waals surface area contributed by atoms with Crippen LogP contribution < -0.4 is 15.0 Å². The minimum atomic E-state index is -3.61. The lowest BCUT2D eigenvalue weighted by molar-refractivity contribution is 0.425. The van der Waals surface area contributed by atoms with E-state index in [-0.39, 0.29) is 39.8 Å². The Bertz CT molecular complexity index is 1500. The third-order valence-electron chi connectivity index (χ3n) is 4.69. The number of hydrogen-bond donors (Lipinski definition) is 1. The first-order chi connectivity index (χ1) is 15.2. The van der Waals surface area contributed by atoms with Crippen LogP contribution in [0.25, 0.3) is 22.1 Å². The molecule has 1 N–H and O–H groups in total. The zero-order valence-electron chi connectivity index (χ0n) is 16.9. The van der Waals surface area contributed by atoms with Gasteiger partial charge in [0.25, 0.3) is 5.56 Å². The number of hydrogen-bond acceptors (Lipinski definition) is 6. The summed E-state index contributed by atoms with van der Waals surface area (Å²) < 4.78 is 66.1. The zero-order chi connectivity index (χ0) is 23.0. The van der Waals surface area contributed by atoms with Crippen molar-refractivity contribution in [2.75, 3.05) is 10.5 Å². The number of sulfonamides is 1. The molecule has 8 nitrogen and oxygen atoms in total. The molecule has 0 fully saturated rings. The summed E-state index contributed by atoms with van der Waals surface area (Å²) in [5.41, 5.74) is 0.518. The van der Waals surface area contributed by atoms with Crippen LogP contribution in [0.5, 0.6) is 11.6 Å². The van der Waals surface area contributed by atoms with Gasteiger partial charge in [-0.3, -0.25) is 9.52 Å². The summed E-state index contributed by atoms with van der Waals surface area (Å²) in [4.78, 5) is 16.5. The maximum atomic E-state index is 14.2. The lowest BCUT2D eigenvalue weighted by Gasteiger charge is -2.14. The van der Waals surface area contributed by atoms with Crippen molar-refractivity contribution in [1.29, 1.82) is 0 Å². The monoisotopic (exact) mass is 461 g/mol. The minimum Gasteiger partial charge on any atom is -0.458 e. The summed E-state index contributed by atoms with van der Waals surface area (Å²) in [6, 6.07) is 5.82. The molecule has 0 saturated heterocycles. The fourth-order valence-electron chi connectivity index (χ4n) is 3.08. The summed E-state index contributed by atoms with van der Waals surface area (Å²) in [5, 5.41) is 0.426. The summed E-state index contributed by atoms with van der Waals surface area (Å²) in [7, 11) is -2.09. The van der Waals surface area contributed by atoms with Gasteiger partial charge in [-0.1, -0.05) is 0 Å². The highest BCUT2D eigenvalue weighted by Gasteiger charge is 2.20. The SMILES string of the molecule is CCS(=O)(=O)Nc1cnc(Oc2ccc(F)cc2F)c(-c2cn(C)c(=O)c3occc23)c1. The molecule has 0 spiro atoms. The van der Waals surface area contributed by atoms with E-state index in [1.54, 1.807) is 6.07 Å². The molecule has 166 valence electrons. The number of furan rings is 1. The van der Waals surface area contributed by atoms with Crippen LogP contribution in [0.1, 0.15) is 6.92 Å². The second-order valence-electron chi connectivity index (χ2n) is 6.88. The fraction of sp³-hybridized carbons (Fsp3) is 0.143. The van der Waals surface area contributed by atoms with Crippen LogP contribution in [0.3, 0.4) is 0 Å². The lowest BCUT2D eigenvalue weighted by atomic mass is 10.0. The van der Waals surface area contributed by atoms with Crippen LogP contribution >= 0.6 is 0 Å². The molecule has 0 aliphatic carbocycles. The Morgan fingerprint density at radius 3 is 2.69 bits per heavy atom. The Morgan fingerprint density at radius 2 is 1.97 bits per heavy atom. The normalized spacial score (nSPS) is 11.6. The predicted molar refractivity (Wildman–Crippen MR) is 114 cm³/mol. The van der Waals surface area contributed by atoms with Gasteiger partial charge in [-0.05, 0) is 31.2 Å². The predicted octanol–water partition coefficient (Wildman–Crippen LogP) is 4.03. The number of benzene rings is 1. The van der Waals surface area contributed by atoms with Crippen molar-refractivity contribution in [3.05, 3.63) is 71.0 Å². The van der Waals surface area contributed by atoms with Crippen LogP contribution in [0.15, 0.2) is 58.2 Å². The smallest absolute Gasteiger partial charge is 0.293 e. The molecular formula is C21H17F2N3O5S. The summed E-state index contributed by atoms with van der Waals surface area (Å²) >= 11 is 0. The summed E-state index contributed by atoms with van der Waals surface area (Å²) in [5.74, 6) is -2.24. The zero-order valence-corrected chi connectivity index (χ0v) is 17.7. The molecule has 32 heavy (non-hydrogen) atoms. The molecule has 0 radical (unpaired) electrons. The van der Waals surface area contributed by atoms with E-state index in [0.29, 0.717) is 17.0 Å². The number of aryl methyl sites for hydroxylation is 1. The van der Waals surface area contributed by atoms with Gasteiger partial charge in [-0.2, -0.15) is 0 Å². The Morgan fingerprint density at radius 1 is 1.19 bits per heavy atom. The van der Waals surface area contributed by atoms with Gasteiger partial charge in [0.05, 0.1) is 23.9 Å². The Kier molecular flexibility index (Phi) is 5.43. The van der Waals surface area contributed by atoms with Gasteiger partial charge in [0.15, 0.2) is 17.1 Å². The van der Waals surface area contributed by atoms with E-state index in [1.807, 2.05) is 0 Å². The maximum Gasteiger partial charge on any atom is 0.293 e. The summed E-state index contributed by atoms with van der Waals surface area (Å²) in [6.07, 6.45) is 4.05. The number of fused-ring (bicyclic) bond motifs is 1. The van der Waals surface area contributed by atoms with Gasteiger partial charge in [0.1, 0.15) is 5.82 Å². The molecule has 0 atom stereocenters. The van der Waals surface area contributed by atoms with Crippen LogP contribution in [-0.2, 0) is 17.1 Å². The Hall–Kier alpha value is -3.73. The van der Waals surface area contributed by atoms with E-state index < -0.39 is 21.7 Å². The number of rotatable bonds is 6. The first kappa shape index (κ1) is 21.5. The highest BCUT2D eigenvalue weighted by molar-refractivity contribution is 7.92. The van der Waals surface area contributed by atoms with E-state index in [4.69, 9.17) is 9.15 Å².